The standard InChI is InChI=1S/C16H32N4/c1-18-8-10-19(11-9-18)12-13-20(16-5-6-16)14-15-4-2-3-7-17-15/h15-17H,2-14H2,1H3. The highest BCUT2D eigenvalue weighted by atomic mass is 15.3. The molecule has 116 valence electrons. The van der Waals surface area contributed by atoms with E-state index in [1.165, 1.54) is 84.5 Å². The number of piperidine rings is 1. The largest absolute Gasteiger partial charge is 0.313 e. The van der Waals surface area contributed by atoms with Crippen molar-refractivity contribution in [2.24, 2.45) is 0 Å². The lowest BCUT2D eigenvalue weighted by molar-refractivity contribution is 0.127. The molecule has 1 N–H and O–H groups in total. The maximum atomic E-state index is 3.71. The Kier molecular flexibility index (Phi) is 5.32. The average Bonchev–Trinajstić information content (AvgIpc) is 3.31. The van der Waals surface area contributed by atoms with Crippen LogP contribution >= 0.6 is 0 Å². The Morgan fingerprint density at radius 3 is 2.50 bits per heavy atom. The van der Waals surface area contributed by atoms with E-state index in [0.29, 0.717) is 0 Å². The first-order valence-corrected chi connectivity index (χ1v) is 8.69. The lowest BCUT2D eigenvalue weighted by Gasteiger charge is -2.35. The predicted octanol–water partition coefficient (Wildman–Crippen LogP) is 0.840. The van der Waals surface area contributed by atoms with Crippen molar-refractivity contribution in [3.63, 3.8) is 0 Å². The highest BCUT2D eigenvalue weighted by molar-refractivity contribution is 4.88. The van der Waals surface area contributed by atoms with E-state index in [1.54, 1.807) is 0 Å². The zero-order valence-corrected chi connectivity index (χ0v) is 13.2. The molecule has 0 spiro atoms. The van der Waals surface area contributed by atoms with Crippen molar-refractivity contribution in [3.05, 3.63) is 0 Å². The second kappa shape index (κ2) is 7.21. The summed E-state index contributed by atoms with van der Waals surface area (Å²) in [5, 5.41) is 3.71. The minimum Gasteiger partial charge on any atom is -0.313 e. The molecule has 0 aromatic rings. The number of nitrogens with one attached hydrogen (secondary N) is 1. The van der Waals surface area contributed by atoms with Gasteiger partial charge in [-0.05, 0) is 39.3 Å². The fraction of sp³-hybridized carbons (Fsp3) is 1.00. The molecule has 0 radical (unpaired) electrons. The van der Waals surface area contributed by atoms with E-state index in [-0.39, 0.29) is 0 Å². The second-order valence-corrected chi connectivity index (χ2v) is 7.02. The lowest BCUT2D eigenvalue weighted by atomic mass is 10.0. The number of nitrogens with zero attached hydrogens (tertiary/aromatic N) is 3. The highest BCUT2D eigenvalue weighted by Gasteiger charge is 2.31. The van der Waals surface area contributed by atoms with Crippen LogP contribution in [-0.4, -0.2) is 86.2 Å². The van der Waals surface area contributed by atoms with Crippen LogP contribution in [0.1, 0.15) is 32.1 Å². The van der Waals surface area contributed by atoms with Crippen molar-refractivity contribution in [1.82, 2.24) is 20.0 Å². The molecule has 3 rings (SSSR count). The van der Waals surface area contributed by atoms with Crippen LogP contribution in [0, 0.1) is 0 Å². The summed E-state index contributed by atoms with van der Waals surface area (Å²) >= 11 is 0. The molecule has 2 aliphatic heterocycles. The summed E-state index contributed by atoms with van der Waals surface area (Å²) in [4.78, 5) is 7.88. The monoisotopic (exact) mass is 280 g/mol. The van der Waals surface area contributed by atoms with Gasteiger partial charge in [0, 0.05) is 57.9 Å². The molecule has 2 heterocycles. The van der Waals surface area contributed by atoms with Crippen LogP contribution in [-0.2, 0) is 0 Å². The fourth-order valence-electron chi connectivity index (χ4n) is 3.57. The van der Waals surface area contributed by atoms with Crippen molar-refractivity contribution in [2.75, 3.05) is 59.4 Å². The number of rotatable bonds is 6. The van der Waals surface area contributed by atoms with Gasteiger partial charge < -0.3 is 10.2 Å². The molecule has 1 saturated carbocycles. The molecule has 1 atom stereocenters. The van der Waals surface area contributed by atoms with E-state index in [9.17, 15) is 0 Å². The van der Waals surface area contributed by atoms with E-state index in [0.717, 1.165) is 12.1 Å². The Hall–Kier alpha value is -0.160. The Morgan fingerprint density at radius 2 is 1.85 bits per heavy atom. The summed E-state index contributed by atoms with van der Waals surface area (Å²) in [6, 6.07) is 1.67. The number of likely N-dealkylation sites (N-methyl/N-ethyl adjacent to an activating group) is 1. The first-order chi connectivity index (χ1) is 9.81. The first kappa shape index (κ1) is 14.8. The molecule has 0 aromatic carbocycles. The minimum atomic E-state index is 0.761. The summed E-state index contributed by atoms with van der Waals surface area (Å²) in [6.07, 6.45) is 7.07. The zero-order chi connectivity index (χ0) is 13.8. The Bertz CT molecular complexity index is 278. The number of piperazine rings is 1. The van der Waals surface area contributed by atoms with Crippen molar-refractivity contribution >= 4 is 0 Å². The van der Waals surface area contributed by atoms with E-state index in [1.807, 2.05) is 0 Å². The molecule has 1 unspecified atom stereocenters. The van der Waals surface area contributed by atoms with Gasteiger partial charge in [0.05, 0.1) is 0 Å². The van der Waals surface area contributed by atoms with Crippen LogP contribution in [0.4, 0.5) is 0 Å². The third-order valence-electron chi connectivity index (χ3n) is 5.23. The molecule has 4 heteroatoms. The lowest BCUT2D eigenvalue weighted by Crippen LogP contribution is -2.49. The summed E-state index contributed by atoms with van der Waals surface area (Å²) in [6.45, 7) is 10.1. The molecule has 0 bridgehead atoms. The van der Waals surface area contributed by atoms with Crippen molar-refractivity contribution in [2.45, 2.75) is 44.2 Å². The third-order valence-corrected chi connectivity index (χ3v) is 5.23. The van der Waals surface area contributed by atoms with Gasteiger partial charge in [0.2, 0.25) is 0 Å². The Morgan fingerprint density at radius 1 is 1.05 bits per heavy atom. The van der Waals surface area contributed by atoms with Crippen molar-refractivity contribution < 1.29 is 0 Å². The van der Waals surface area contributed by atoms with Gasteiger partial charge in [0.1, 0.15) is 0 Å². The van der Waals surface area contributed by atoms with E-state index < -0.39 is 0 Å². The Balaban J connectivity index is 1.40. The van der Waals surface area contributed by atoms with Crippen LogP contribution in [0.5, 0.6) is 0 Å². The van der Waals surface area contributed by atoms with E-state index >= 15 is 0 Å². The van der Waals surface area contributed by atoms with Gasteiger partial charge in [-0.2, -0.15) is 0 Å². The maximum Gasteiger partial charge on any atom is 0.0195 e. The Labute approximate surface area is 124 Å². The summed E-state index contributed by atoms with van der Waals surface area (Å²) in [5.74, 6) is 0. The van der Waals surface area contributed by atoms with Gasteiger partial charge >= 0.3 is 0 Å². The van der Waals surface area contributed by atoms with Gasteiger partial charge in [0.25, 0.3) is 0 Å². The molecule has 2 saturated heterocycles. The molecule has 3 fully saturated rings. The quantitative estimate of drug-likeness (QED) is 0.778. The molecule has 4 nitrogen and oxygen atoms in total. The minimum absolute atomic E-state index is 0.761. The summed E-state index contributed by atoms with van der Waals surface area (Å²) in [7, 11) is 2.24. The average molecular weight is 280 g/mol. The number of hydrogen-bond acceptors (Lipinski definition) is 4. The predicted molar refractivity (Wildman–Crippen MR) is 84.2 cm³/mol. The molecule has 3 aliphatic rings. The molecule has 20 heavy (non-hydrogen) atoms. The van der Waals surface area contributed by atoms with Crippen LogP contribution in [0.15, 0.2) is 0 Å². The van der Waals surface area contributed by atoms with Gasteiger partial charge in [-0.3, -0.25) is 9.80 Å². The van der Waals surface area contributed by atoms with Crippen LogP contribution < -0.4 is 5.32 Å². The van der Waals surface area contributed by atoms with E-state index in [4.69, 9.17) is 0 Å². The molecule has 0 amide bonds. The smallest absolute Gasteiger partial charge is 0.0195 e. The topological polar surface area (TPSA) is 21.8 Å². The highest BCUT2D eigenvalue weighted by Crippen LogP contribution is 2.27. The summed E-state index contributed by atoms with van der Waals surface area (Å²) < 4.78 is 0. The van der Waals surface area contributed by atoms with Crippen LogP contribution in [0.3, 0.4) is 0 Å². The van der Waals surface area contributed by atoms with Gasteiger partial charge in [-0.25, -0.2) is 0 Å². The molecule has 1 aliphatic carbocycles. The van der Waals surface area contributed by atoms with Crippen LogP contribution in [0.2, 0.25) is 0 Å². The van der Waals surface area contributed by atoms with Gasteiger partial charge in [-0.15, -0.1) is 0 Å². The fourth-order valence-corrected chi connectivity index (χ4v) is 3.57. The molecule has 0 aromatic heterocycles. The van der Waals surface area contributed by atoms with Crippen molar-refractivity contribution in [3.8, 4) is 0 Å². The molecular formula is C16H32N4. The zero-order valence-electron chi connectivity index (χ0n) is 13.2. The normalized spacial score (nSPS) is 30.0. The first-order valence-electron chi connectivity index (χ1n) is 8.69. The molecular weight excluding hydrogens is 248 g/mol. The van der Waals surface area contributed by atoms with Crippen LogP contribution in [0.25, 0.3) is 0 Å². The summed E-state index contributed by atoms with van der Waals surface area (Å²) in [5.41, 5.74) is 0. The maximum absolute atomic E-state index is 3.71. The number of hydrogen-bond donors (Lipinski definition) is 1. The second-order valence-electron chi connectivity index (χ2n) is 7.02. The third kappa shape index (κ3) is 4.42. The van der Waals surface area contributed by atoms with E-state index in [2.05, 4.69) is 27.1 Å². The SMILES string of the molecule is CN1CCN(CCN(CC2CCCCN2)C2CC2)CC1. The van der Waals surface area contributed by atoms with Gasteiger partial charge in [0.15, 0.2) is 0 Å². The van der Waals surface area contributed by atoms with Gasteiger partial charge in [-0.1, -0.05) is 6.42 Å². The van der Waals surface area contributed by atoms with Crippen molar-refractivity contribution in [1.29, 1.82) is 0 Å².